The van der Waals surface area contributed by atoms with E-state index in [4.69, 9.17) is 10.2 Å². The number of halogens is 1. The fourth-order valence-corrected chi connectivity index (χ4v) is 6.30. The number of urea groups is 1. The standard InChI is InChI=1S/C34H36FN5O4S/c1-34(2,38-19-26-7-5-15-44-26)17-31(41)39-28-21-45-30-16-25(35)13-14-29(30)40(32(28)42)20-22-9-11-23(12-10-22)27-8-4-3-6-24(27)18-37-33(36)43/h3-16,28,38H,17-21H2,1-2H3,(H,39,41)(H3,36,37,43)/t28-/m1/s1. The van der Waals surface area contributed by atoms with Crippen LogP contribution in [0.15, 0.2) is 94.4 Å². The van der Waals surface area contributed by atoms with Crippen molar-refractivity contribution in [2.75, 3.05) is 10.7 Å². The Morgan fingerprint density at radius 1 is 1.04 bits per heavy atom. The molecule has 4 amide bonds. The van der Waals surface area contributed by atoms with Crippen molar-refractivity contribution in [2.45, 2.75) is 56.4 Å². The van der Waals surface area contributed by atoms with E-state index in [1.54, 1.807) is 17.2 Å². The van der Waals surface area contributed by atoms with Gasteiger partial charge in [-0.3, -0.25) is 9.59 Å². The predicted molar refractivity (Wildman–Crippen MR) is 173 cm³/mol. The third kappa shape index (κ3) is 8.31. The molecular weight excluding hydrogens is 593 g/mol. The highest BCUT2D eigenvalue weighted by Gasteiger charge is 2.33. The average Bonchev–Trinajstić information content (AvgIpc) is 3.50. The lowest BCUT2D eigenvalue weighted by atomic mass is 9.98. The number of fused-ring (bicyclic) bond motifs is 1. The van der Waals surface area contributed by atoms with Crippen LogP contribution in [0.3, 0.4) is 0 Å². The van der Waals surface area contributed by atoms with Gasteiger partial charge in [-0.25, -0.2) is 9.18 Å². The molecule has 0 saturated heterocycles. The minimum absolute atomic E-state index is 0.141. The normalized spacial score (nSPS) is 14.9. The monoisotopic (exact) mass is 629 g/mol. The molecular formula is C34H36FN5O4S. The molecule has 0 radical (unpaired) electrons. The lowest BCUT2D eigenvalue weighted by Crippen LogP contribution is -2.51. The van der Waals surface area contributed by atoms with Crippen LogP contribution in [0.2, 0.25) is 0 Å². The van der Waals surface area contributed by atoms with E-state index >= 15 is 0 Å². The van der Waals surface area contributed by atoms with Crippen LogP contribution in [0, 0.1) is 5.82 Å². The summed E-state index contributed by atoms with van der Waals surface area (Å²) in [6.45, 7) is 4.83. The first-order valence-corrected chi connectivity index (χ1v) is 15.6. The number of nitrogens with one attached hydrogen (secondary N) is 3. The van der Waals surface area contributed by atoms with E-state index in [0.717, 1.165) is 28.0 Å². The van der Waals surface area contributed by atoms with Gasteiger partial charge in [0, 0.05) is 29.2 Å². The Kier molecular flexibility index (Phi) is 9.90. The van der Waals surface area contributed by atoms with Gasteiger partial charge < -0.3 is 31.0 Å². The van der Waals surface area contributed by atoms with Crippen LogP contribution in [0.25, 0.3) is 11.1 Å². The quantitative estimate of drug-likeness (QED) is 0.177. The van der Waals surface area contributed by atoms with E-state index < -0.39 is 23.4 Å². The van der Waals surface area contributed by atoms with Gasteiger partial charge >= 0.3 is 6.03 Å². The fraction of sp³-hybridized carbons (Fsp3) is 0.265. The van der Waals surface area contributed by atoms with Crippen LogP contribution in [-0.2, 0) is 29.2 Å². The van der Waals surface area contributed by atoms with E-state index in [1.165, 1.54) is 23.9 Å². The molecule has 1 aliphatic rings. The van der Waals surface area contributed by atoms with Crippen molar-refractivity contribution in [2.24, 2.45) is 5.73 Å². The fourth-order valence-electron chi connectivity index (χ4n) is 5.20. The van der Waals surface area contributed by atoms with Crippen molar-refractivity contribution in [3.8, 4) is 11.1 Å². The maximum Gasteiger partial charge on any atom is 0.312 e. The van der Waals surface area contributed by atoms with Crippen LogP contribution >= 0.6 is 11.8 Å². The van der Waals surface area contributed by atoms with Crippen LogP contribution in [0.5, 0.6) is 0 Å². The highest BCUT2D eigenvalue weighted by atomic mass is 32.2. The molecule has 1 atom stereocenters. The smallest absolute Gasteiger partial charge is 0.312 e. The minimum atomic E-state index is -0.803. The number of primary amides is 1. The summed E-state index contributed by atoms with van der Waals surface area (Å²) >= 11 is 1.34. The minimum Gasteiger partial charge on any atom is -0.468 e. The van der Waals surface area contributed by atoms with E-state index in [0.29, 0.717) is 23.7 Å². The van der Waals surface area contributed by atoms with Gasteiger partial charge in [-0.05, 0) is 66.4 Å². The Morgan fingerprint density at radius 3 is 2.56 bits per heavy atom. The maximum atomic E-state index is 14.3. The number of carbonyl (C=O) groups excluding carboxylic acids is 3. The molecule has 5 N–H and O–H groups in total. The number of hydrogen-bond donors (Lipinski definition) is 4. The number of nitrogens with zero attached hydrogens (tertiary/aromatic N) is 1. The molecule has 1 aliphatic heterocycles. The first-order chi connectivity index (χ1) is 21.6. The Balaban J connectivity index is 1.32. The van der Waals surface area contributed by atoms with Crippen molar-refractivity contribution in [3.63, 3.8) is 0 Å². The third-order valence-electron chi connectivity index (χ3n) is 7.52. The number of amides is 4. The van der Waals surface area contributed by atoms with Crippen molar-refractivity contribution >= 4 is 35.3 Å². The van der Waals surface area contributed by atoms with Gasteiger partial charge in [0.25, 0.3) is 5.91 Å². The Bertz CT molecular complexity index is 1660. The van der Waals surface area contributed by atoms with Crippen molar-refractivity contribution < 1.29 is 23.2 Å². The lowest BCUT2D eigenvalue weighted by Gasteiger charge is -2.28. The van der Waals surface area contributed by atoms with Crippen molar-refractivity contribution in [1.29, 1.82) is 0 Å². The topological polar surface area (TPSA) is 130 Å². The van der Waals surface area contributed by atoms with Gasteiger partial charge in [0.05, 0.1) is 25.0 Å². The molecule has 5 rings (SSSR count). The van der Waals surface area contributed by atoms with Crippen LogP contribution in [0.4, 0.5) is 14.9 Å². The van der Waals surface area contributed by atoms with Crippen LogP contribution in [-0.4, -0.2) is 35.2 Å². The second-order valence-corrected chi connectivity index (χ2v) is 12.6. The molecule has 1 aromatic heterocycles. The first kappa shape index (κ1) is 31.8. The van der Waals surface area contributed by atoms with E-state index in [-0.39, 0.29) is 30.5 Å². The number of furan rings is 1. The number of anilines is 1. The Labute approximate surface area is 265 Å². The molecule has 2 heterocycles. The molecule has 0 bridgehead atoms. The van der Waals surface area contributed by atoms with Crippen LogP contribution < -0.4 is 26.6 Å². The second-order valence-electron chi connectivity index (χ2n) is 11.5. The Hall–Kier alpha value is -4.61. The summed E-state index contributed by atoms with van der Waals surface area (Å²) in [6, 6.07) is 22.1. The zero-order chi connectivity index (χ0) is 32.0. The van der Waals surface area contributed by atoms with Gasteiger partial charge in [-0.1, -0.05) is 48.5 Å². The zero-order valence-electron chi connectivity index (χ0n) is 25.1. The summed E-state index contributed by atoms with van der Waals surface area (Å²) in [5.74, 6) is 0.102. The Morgan fingerprint density at radius 2 is 1.82 bits per heavy atom. The van der Waals surface area contributed by atoms with Crippen LogP contribution in [0.1, 0.15) is 37.2 Å². The largest absolute Gasteiger partial charge is 0.468 e. The van der Waals surface area contributed by atoms with Gasteiger partial charge in [0.15, 0.2) is 0 Å². The molecule has 45 heavy (non-hydrogen) atoms. The number of thioether (sulfide) groups is 1. The summed E-state index contributed by atoms with van der Waals surface area (Å²) in [6.07, 6.45) is 1.74. The third-order valence-corrected chi connectivity index (χ3v) is 8.66. The first-order valence-electron chi connectivity index (χ1n) is 14.6. The SMILES string of the molecule is CC(C)(CC(=O)N[C@@H]1CSc2cc(F)ccc2N(Cc2ccc(-c3ccccc3CNC(N)=O)cc2)C1=O)NCc1ccco1. The van der Waals surface area contributed by atoms with Crippen molar-refractivity contribution in [3.05, 3.63) is 108 Å². The highest BCUT2D eigenvalue weighted by Crippen LogP contribution is 2.36. The molecule has 0 aliphatic carbocycles. The molecule has 0 saturated carbocycles. The van der Waals surface area contributed by atoms with E-state index in [1.807, 2.05) is 74.5 Å². The summed E-state index contributed by atoms with van der Waals surface area (Å²) in [4.78, 5) is 40.6. The summed E-state index contributed by atoms with van der Waals surface area (Å²) < 4.78 is 19.6. The summed E-state index contributed by atoms with van der Waals surface area (Å²) in [7, 11) is 0. The van der Waals surface area contributed by atoms with Crippen molar-refractivity contribution in [1.82, 2.24) is 16.0 Å². The highest BCUT2D eigenvalue weighted by molar-refractivity contribution is 7.99. The molecule has 11 heteroatoms. The average molecular weight is 630 g/mol. The maximum absolute atomic E-state index is 14.3. The molecule has 0 fully saturated rings. The lowest BCUT2D eigenvalue weighted by molar-refractivity contribution is -0.127. The molecule has 0 spiro atoms. The molecule has 0 unspecified atom stereocenters. The number of benzene rings is 3. The molecule has 9 nitrogen and oxygen atoms in total. The number of carbonyl (C=O) groups is 3. The zero-order valence-corrected chi connectivity index (χ0v) is 26.0. The van der Waals surface area contributed by atoms with Gasteiger partial charge in [0.2, 0.25) is 5.91 Å². The molecule has 3 aromatic carbocycles. The van der Waals surface area contributed by atoms with Gasteiger partial charge in [-0.2, -0.15) is 0 Å². The van der Waals surface area contributed by atoms with Gasteiger partial charge in [-0.15, -0.1) is 11.8 Å². The number of rotatable bonds is 11. The van der Waals surface area contributed by atoms with E-state index in [9.17, 15) is 18.8 Å². The molecule has 234 valence electrons. The second kappa shape index (κ2) is 14.0. The van der Waals surface area contributed by atoms with E-state index in [2.05, 4.69) is 16.0 Å². The summed E-state index contributed by atoms with van der Waals surface area (Å²) in [5, 5.41) is 8.89. The number of nitrogens with two attached hydrogens (primary N) is 1. The number of hydrogen-bond acceptors (Lipinski definition) is 6. The predicted octanol–water partition coefficient (Wildman–Crippen LogP) is 5.34. The summed E-state index contributed by atoms with van der Waals surface area (Å²) in [5.41, 5.74) is 8.96. The molecule has 4 aromatic rings. The van der Waals surface area contributed by atoms with Gasteiger partial charge in [0.1, 0.15) is 17.6 Å².